The van der Waals surface area contributed by atoms with Crippen LogP contribution in [0.25, 0.3) is 0 Å². The highest BCUT2D eigenvalue weighted by Crippen LogP contribution is 2.22. The van der Waals surface area contributed by atoms with E-state index in [0.29, 0.717) is 24.6 Å². The number of carbonyl (C=O) groups is 1. The van der Waals surface area contributed by atoms with Gasteiger partial charge in [0, 0.05) is 38.8 Å². The number of ether oxygens (including phenoxy) is 1. The van der Waals surface area contributed by atoms with E-state index < -0.39 is 0 Å². The van der Waals surface area contributed by atoms with Gasteiger partial charge in [0.05, 0.1) is 12.6 Å². The van der Waals surface area contributed by atoms with Crippen LogP contribution in [0.3, 0.4) is 0 Å². The number of piperazine rings is 1. The molecule has 0 N–H and O–H groups in total. The number of amides is 1. The van der Waals surface area contributed by atoms with Gasteiger partial charge in [-0.25, -0.2) is 0 Å². The Kier molecular flexibility index (Phi) is 9.37. The largest absolute Gasteiger partial charge is 0.379 e. The van der Waals surface area contributed by atoms with Crippen molar-refractivity contribution in [1.82, 2.24) is 14.7 Å². The minimum absolute atomic E-state index is 0.331. The highest BCUT2D eigenvalue weighted by atomic mass is 16.5. The first-order chi connectivity index (χ1) is 12.5. The zero-order valence-corrected chi connectivity index (χ0v) is 17.6. The second-order valence-electron chi connectivity index (χ2n) is 8.46. The zero-order valence-electron chi connectivity index (χ0n) is 17.6. The Morgan fingerprint density at radius 1 is 1.04 bits per heavy atom. The van der Waals surface area contributed by atoms with Crippen molar-refractivity contribution in [3.05, 3.63) is 0 Å². The van der Waals surface area contributed by atoms with Crippen molar-refractivity contribution in [2.24, 2.45) is 5.92 Å². The minimum atomic E-state index is 0.331. The molecule has 2 fully saturated rings. The highest BCUT2D eigenvalue weighted by Gasteiger charge is 2.26. The van der Waals surface area contributed by atoms with Crippen molar-refractivity contribution >= 4 is 5.91 Å². The maximum absolute atomic E-state index is 12.6. The van der Waals surface area contributed by atoms with Crippen LogP contribution in [0.1, 0.15) is 59.8 Å². The SMILES string of the molecule is CCC(C)N1CCN(C(=O)CN2CCC(CCCOC(C)C)CC2)CC1. The first kappa shape index (κ1) is 21.6. The van der Waals surface area contributed by atoms with E-state index in [1.54, 1.807) is 0 Å². The Morgan fingerprint density at radius 3 is 2.27 bits per heavy atom. The Labute approximate surface area is 161 Å². The predicted molar refractivity (Wildman–Crippen MR) is 107 cm³/mol. The molecule has 1 unspecified atom stereocenters. The third-order valence-corrected chi connectivity index (χ3v) is 6.16. The number of hydrogen-bond acceptors (Lipinski definition) is 4. The molecule has 5 heteroatoms. The Bertz CT molecular complexity index is 400. The summed E-state index contributed by atoms with van der Waals surface area (Å²) in [5.74, 6) is 1.15. The summed E-state index contributed by atoms with van der Waals surface area (Å²) in [5, 5.41) is 0. The third kappa shape index (κ3) is 7.16. The molecule has 0 spiro atoms. The van der Waals surface area contributed by atoms with Gasteiger partial charge in [-0.3, -0.25) is 14.6 Å². The number of nitrogens with zero attached hydrogens (tertiary/aromatic N) is 3. The van der Waals surface area contributed by atoms with Crippen LogP contribution in [-0.2, 0) is 9.53 Å². The molecular formula is C21H41N3O2. The predicted octanol–water partition coefficient (Wildman–Crippen LogP) is 2.85. The second-order valence-corrected chi connectivity index (χ2v) is 8.46. The average molecular weight is 368 g/mol. The van der Waals surface area contributed by atoms with E-state index in [9.17, 15) is 4.79 Å². The summed E-state index contributed by atoms with van der Waals surface area (Å²) in [6.07, 6.45) is 6.43. The summed E-state index contributed by atoms with van der Waals surface area (Å²) in [6.45, 7) is 16.2. The molecule has 0 aliphatic carbocycles. The summed E-state index contributed by atoms with van der Waals surface area (Å²) in [7, 11) is 0. The van der Waals surface area contributed by atoms with Gasteiger partial charge >= 0.3 is 0 Å². The third-order valence-electron chi connectivity index (χ3n) is 6.16. The Morgan fingerprint density at radius 2 is 1.69 bits per heavy atom. The van der Waals surface area contributed by atoms with Crippen molar-refractivity contribution in [2.75, 3.05) is 52.4 Å². The van der Waals surface area contributed by atoms with E-state index in [4.69, 9.17) is 4.74 Å². The molecule has 152 valence electrons. The molecule has 2 aliphatic heterocycles. The molecule has 2 rings (SSSR count). The van der Waals surface area contributed by atoms with Gasteiger partial charge in [-0.1, -0.05) is 6.92 Å². The molecule has 2 saturated heterocycles. The number of carbonyl (C=O) groups excluding carboxylic acids is 1. The smallest absolute Gasteiger partial charge is 0.236 e. The van der Waals surface area contributed by atoms with Gasteiger partial charge in [0.15, 0.2) is 0 Å². The molecule has 2 aliphatic rings. The lowest BCUT2D eigenvalue weighted by molar-refractivity contribution is -0.134. The van der Waals surface area contributed by atoms with Gasteiger partial charge in [0.25, 0.3) is 0 Å². The molecule has 0 bridgehead atoms. The van der Waals surface area contributed by atoms with E-state index in [-0.39, 0.29) is 0 Å². The van der Waals surface area contributed by atoms with Crippen LogP contribution in [0.15, 0.2) is 0 Å². The lowest BCUT2D eigenvalue weighted by Crippen LogP contribution is -2.53. The lowest BCUT2D eigenvalue weighted by Gasteiger charge is -2.39. The van der Waals surface area contributed by atoms with Crippen LogP contribution in [0, 0.1) is 5.92 Å². The fourth-order valence-electron chi connectivity index (χ4n) is 4.09. The normalized spacial score (nSPS) is 22.1. The molecule has 26 heavy (non-hydrogen) atoms. The van der Waals surface area contributed by atoms with Crippen LogP contribution < -0.4 is 0 Å². The maximum Gasteiger partial charge on any atom is 0.236 e. The fourth-order valence-corrected chi connectivity index (χ4v) is 4.09. The van der Waals surface area contributed by atoms with Gasteiger partial charge in [-0.05, 0) is 71.9 Å². The molecule has 0 saturated carbocycles. The molecule has 0 aromatic rings. The van der Waals surface area contributed by atoms with E-state index >= 15 is 0 Å². The van der Waals surface area contributed by atoms with Crippen molar-refractivity contribution < 1.29 is 9.53 Å². The molecule has 1 atom stereocenters. The van der Waals surface area contributed by atoms with Crippen LogP contribution in [-0.4, -0.2) is 85.2 Å². The number of likely N-dealkylation sites (tertiary alicyclic amines) is 1. The summed E-state index contributed by atoms with van der Waals surface area (Å²) < 4.78 is 5.64. The zero-order chi connectivity index (χ0) is 18.9. The first-order valence-corrected chi connectivity index (χ1v) is 10.8. The molecule has 0 aromatic heterocycles. The van der Waals surface area contributed by atoms with Crippen LogP contribution in [0.5, 0.6) is 0 Å². The summed E-state index contributed by atoms with van der Waals surface area (Å²) in [6, 6.07) is 0.636. The van der Waals surface area contributed by atoms with Gasteiger partial charge < -0.3 is 9.64 Å². The second kappa shape index (κ2) is 11.3. The van der Waals surface area contributed by atoms with Crippen molar-refractivity contribution in [1.29, 1.82) is 0 Å². The number of piperidine rings is 1. The summed E-state index contributed by atoms with van der Waals surface area (Å²) in [4.78, 5) is 19.6. The molecular weight excluding hydrogens is 326 g/mol. The van der Waals surface area contributed by atoms with E-state index in [1.807, 2.05) is 0 Å². The fraction of sp³-hybridized carbons (Fsp3) is 0.952. The summed E-state index contributed by atoms with van der Waals surface area (Å²) >= 11 is 0. The van der Waals surface area contributed by atoms with E-state index in [2.05, 4.69) is 42.4 Å². The van der Waals surface area contributed by atoms with Gasteiger partial charge in [-0.2, -0.15) is 0 Å². The minimum Gasteiger partial charge on any atom is -0.379 e. The van der Waals surface area contributed by atoms with E-state index in [1.165, 1.54) is 32.1 Å². The molecule has 5 nitrogen and oxygen atoms in total. The van der Waals surface area contributed by atoms with Gasteiger partial charge in [0.1, 0.15) is 0 Å². The molecule has 0 radical (unpaired) electrons. The number of rotatable bonds is 9. The van der Waals surface area contributed by atoms with Crippen LogP contribution >= 0.6 is 0 Å². The average Bonchev–Trinajstić information content (AvgIpc) is 2.65. The van der Waals surface area contributed by atoms with Crippen LogP contribution in [0.4, 0.5) is 0 Å². The topological polar surface area (TPSA) is 36.0 Å². The van der Waals surface area contributed by atoms with Gasteiger partial charge in [0.2, 0.25) is 5.91 Å². The first-order valence-electron chi connectivity index (χ1n) is 10.8. The number of hydrogen-bond donors (Lipinski definition) is 0. The standard InChI is InChI=1S/C21H41N3O2/c1-5-19(4)23-12-14-24(15-13-23)21(25)17-22-10-8-20(9-11-22)7-6-16-26-18(2)3/h18-20H,5-17H2,1-4H3. The monoisotopic (exact) mass is 367 g/mol. The van der Waals surface area contributed by atoms with E-state index in [0.717, 1.165) is 51.8 Å². The maximum atomic E-state index is 12.6. The van der Waals surface area contributed by atoms with Gasteiger partial charge in [-0.15, -0.1) is 0 Å². The highest BCUT2D eigenvalue weighted by molar-refractivity contribution is 5.78. The Balaban J connectivity index is 1.60. The molecule has 2 heterocycles. The molecule has 1 amide bonds. The van der Waals surface area contributed by atoms with Crippen molar-refractivity contribution in [3.63, 3.8) is 0 Å². The Hall–Kier alpha value is -0.650. The molecule has 0 aromatic carbocycles. The quantitative estimate of drug-likeness (QED) is 0.587. The van der Waals surface area contributed by atoms with Crippen LogP contribution in [0.2, 0.25) is 0 Å². The lowest BCUT2D eigenvalue weighted by atomic mass is 9.92. The van der Waals surface area contributed by atoms with Crippen molar-refractivity contribution in [2.45, 2.75) is 71.9 Å². The summed E-state index contributed by atoms with van der Waals surface area (Å²) in [5.41, 5.74) is 0. The van der Waals surface area contributed by atoms with Crippen molar-refractivity contribution in [3.8, 4) is 0 Å².